The molecular formula is C24H27N3O5. The van der Waals surface area contributed by atoms with E-state index in [0.29, 0.717) is 35.9 Å². The summed E-state index contributed by atoms with van der Waals surface area (Å²) < 4.78 is 15.7. The number of benzene rings is 2. The highest BCUT2D eigenvalue weighted by Crippen LogP contribution is 2.24. The van der Waals surface area contributed by atoms with Gasteiger partial charge < -0.3 is 24.5 Å². The molecule has 168 valence electrons. The lowest BCUT2D eigenvalue weighted by Crippen LogP contribution is -2.23. The van der Waals surface area contributed by atoms with Crippen molar-refractivity contribution in [1.82, 2.24) is 10.3 Å². The molecule has 2 aromatic carbocycles. The van der Waals surface area contributed by atoms with Gasteiger partial charge in [-0.2, -0.15) is 0 Å². The fourth-order valence-corrected chi connectivity index (χ4v) is 3.09. The van der Waals surface area contributed by atoms with Crippen LogP contribution < -0.4 is 15.4 Å². The van der Waals surface area contributed by atoms with Gasteiger partial charge in [0.25, 0.3) is 0 Å². The maximum atomic E-state index is 12.3. The van der Waals surface area contributed by atoms with Crippen LogP contribution in [0.1, 0.15) is 23.4 Å². The van der Waals surface area contributed by atoms with Crippen LogP contribution in [0.4, 0.5) is 5.69 Å². The minimum atomic E-state index is -0.244. The van der Waals surface area contributed by atoms with Crippen molar-refractivity contribution in [3.8, 4) is 17.2 Å². The highest BCUT2D eigenvalue weighted by atomic mass is 16.5. The smallest absolute Gasteiger partial charge is 0.250 e. The number of anilines is 1. The first kappa shape index (κ1) is 23.0. The van der Waals surface area contributed by atoms with E-state index < -0.39 is 0 Å². The minimum absolute atomic E-state index is 0.0232. The predicted octanol–water partition coefficient (Wildman–Crippen LogP) is 3.49. The highest BCUT2D eigenvalue weighted by molar-refractivity contribution is 5.92. The zero-order valence-corrected chi connectivity index (χ0v) is 18.4. The van der Waals surface area contributed by atoms with Crippen LogP contribution in [-0.2, 0) is 27.3 Å². The average Bonchev–Trinajstić information content (AvgIpc) is 3.17. The van der Waals surface area contributed by atoms with Crippen molar-refractivity contribution >= 4 is 17.5 Å². The normalized spacial score (nSPS) is 10.6. The molecule has 0 fully saturated rings. The van der Waals surface area contributed by atoms with Gasteiger partial charge in [-0.25, -0.2) is 4.98 Å². The number of oxazole rings is 1. The Labute approximate surface area is 186 Å². The molecule has 0 bridgehead atoms. The van der Waals surface area contributed by atoms with Crippen LogP contribution in [0.5, 0.6) is 5.75 Å². The summed E-state index contributed by atoms with van der Waals surface area (Å²) in [4.78, 5) is 28.5. The Bertz CT molecular complexity index is 1060. The number of amides is 2. The zero-order valence-electron chi connectivity index (χ0n) is 18.4. The van der Waals surface area contributed by atoms with E-state index in [0.717, 1.165) is 16.9 Å². The maximum absolute atomic E-state index is 12.3. The fourth-order valence-electron chi connectivity index (χ4n) is 3.09. The Hall–Kier alpha value is -3.65. The Morgan fingerprint density at radius 2 is 1.84 bits per heavy atom. The van der Waals surface area contributed by atoms with Gasteiger partial charge in [0, 0.05) is 24.8 Å². The Balaban J connectivity index is 1.56. The number of hydrogen-bond donors (Lipinski definition) is 2. The standard InChI is InChI=1S/C24H27N3O5/c1-16-21(14-25-22(28)12-9-17-7-10-20(31-3)11-8-17)27-24(32-16)18-5-4-6-19(13-18)26-23(29)15-30-2/h4-8,10-11,13H,9,12,14-15H2,1-3H3,(H,25,28)(H,26,29). The van der Waals surface area contributed by atoms with Crippen molar-refractivity contribution in [1.29, 1.82) is 0 Å². The van der Waals surface area contributed by atoms with Gasteiger partial charge in [0.05, 0.1) is 13.7 Å². The molecule has 0 aliphatic heterocycles. The molecule has 0 spiro atoms. The number of ether oxygens (including phenoxy) is 2. The molecule has 8 nitrogen and oxygen atoms in total. The monoisotopic (exact) mass is 437 g/mol. The van der Waals surface area contributed by atoms with Gasteiger partial charge in [0.15, 0.2) is 0 Å². The molecule has 3 aromatic rings. The molecule has 2 amide bonds. The molecule has 0 saturated carbocycles. The number of nitrogens with zero attached hydrogens (tertiary/aromatic N) is 1. The maximum Gasteiger partial charge on any atom is 0.250 e. The van der Waals surface area contributed by atoms with Crippen molar-refractivity contribution in [3.05, 3.63) is 65.5 Å². The van der Waals surface area contributed by atoms with Crippen LogP contribution in [0.15, 0.2) is 52.9 Å². The van der Waals surface area contributed by atoms with E-state index >= 15 is 0 Å². The lowest BCUT2D eigenvalue weighted by atomic mass is 10.1. The molecule has 0 atom stereocenters. The van der Waals surface area contributed by atoms with Gasteiger partial charge in [-0.3, -0.25) is 9.59 Å². The summed E-state index contributed by atoms with van der Waals surface area (Å²) in [5.74, 6) is 1.54. The second-order valence-corrected chi connectivity index (χ2v) is 7.21. The number of carbonyl (C=O) groups is 2. The van der Waals surface area contributed by atoms with E-state index in [2.05, 4.69) is 15.6 Å². The van der Waals surface area contributed by atoms with Crippen LogP contribution in [0, 0.1) is 6.92 Å². The summed E-state index contributed by atoms with van der Waals surface area (Å²) in [6.45, 7) is 2.06. The van der Waals surface area contributed by atoms with Gasteiger partial charge in [-0.05, 0) is 49.2 Å². The SMILES string of the molecule is COCC(=O)Nc1cccc(-c2nc(CNC(=O)CCc3ccc(OC)cc3)c(C)o2)c1. The number of methoxy groups -OCH3 is 2. The van der Waals surface area contributed by atoms with E-state index in [1.165, 1.54) is 7.11 Å². The van der Waals surface area contributed by atoms with Crippen molar-refractivity contribution in [3.63, 3.8) is 0 Å². The molecule has 1 heterocycles. The van der Waals surface area contributed by atoms with Gasteiger partial charge in [0.1, 0.15) is 23.8 Å². The number of hydrogen-bond acceptors (Lipinski definition) is 6. The van der Waals surface area contributed by atoms with E-state index in [1.807, 2.05) is 30.3 Å². The van der Waals surface area contributed by atoms with Gasteiger partial charge in [-0.15, -0.1) is 0 Å². The number of carbonyl (C=O) groups excluding carboxylic acids is 2. The van der Waals surface area contributed by atoms with E-state index in [1.54, 1.807) is 32.2 Å². The largest absolute Gasteiger partial charge is 0.497 e. The first-order valence-corrected chi connectivity index (χ1v) is 10.2. The molecule has 0 radical (unpaired) electrons. The first-order chi connectivity index (χ1) is 15.5. The van der Waals surface area contributed by atoms with E-state index in [-0.39, 0.29) is 25.0 Å². The minimum Gasteiger partial charge on any atom is -0.497 e. The van der Waals surface area contributed by atoms with Gasteiger partial charge in [0.2, 0.25) is 17.7 Å². The molecule has 0 saturated heterocycles. The highest BCUT2D eigenvalue weighted by Gasteiger charge is 2.13. The van der Waals surface area contributed by atoms with Crippen molar-refractivity contribution < 1.29 is 23.5 Å². The van der Waals surface area contributed by atoms with E-state index in [4.69, 9.17) is 13.9 Å². The van der Waals surface area contributed by atoms with Crippen LogP contribution in [0.25, 0.3) is 11.5 Å². The summed E-state index contributed by atoms with van der Waals surface area (Å²) >= 11 is 0. The summed E-state index contributed by atoms with van der Waals surface area (Å²) in [7, 11) is 3.09. The zero-order chi connectivity index (χ0) is 22.9. The van der Waals surface area contributed by atoms with Crippen LogP contribution >= 0.6 is 0 Å². The van der Waals surface area contributed by atoms with E-state index in [9.17, 15) is 9.59 Å². The molecule has 0 aliphatic rings. The number of aryl methyl sites for hydroxylation is 2. The van der Waals surface area contributed by atoms with Crippen LogP contribution in [-0.4, -0.2) is 37.6 Å². The lowest BCUT2D eigenvalue weighted by Gasteiger charge is -2.05. The summed E-state index contributed by atoms with van der Waals surface area (Å²) in [5.41, 5.74) is 3.07. The topological polar surface area (TPSA) is 103 Å². The molecule has 32 heavy (non-hydrogen) atoms. The molecule has 3 rings (SSSR count). The van der Waals surface area contributed by atoms with Crippen LogP contribution in [0.3, 0.4) is 0 Å². The second-order valence-electron chi connectivity index (χ2n) is 7.21. The second kappa shape index (κ2) is 11.1. The van der Waals surface area contributed by atoms with Gasteiger partial charge >= 0.3 is 0 Å². The summed E-state index contributed by atoms with van der Waals surface area (Å²) in [5, 5.41) is 5.64. The van der Waals surface area contributed by atoms with Crippen molar-refractivity contribution in [2.45, 2.75) is 26.3 Å². The molecule has 0 unspecified atom stereocenters. The number of rotatable bonds is 10. The Morgan fingerprint density at radius 3 is 2.56 bits per heavy atom. The molecule has 1 aromatic heterocycles. The molecule has 0 aliphatic carbocycles. The summed E-state index contributed by atoms with van der Waals surface area (Å²) in [6, 6.07) is 14.9. The third kappa shape index (κ3) is 6.42. The Morgan fingerprint density at radius 1 is 1.06 bits per heavy atom. The summed E-state index contributed by atoms with van der Waals surface area (Å²) in [6.07, 6.45) is 1.01. The average molecular weight is 437 g/mol. The lowest BCUT2D eigenvalue weighted by molar-refractivity contribution is -0.121. The number of aromatic nitrogens is 1. The van der Waals surface area contributed by atoms with Crippen LogP contribution in [0.2, 0.25) is 0 Å². The van der Waals surface area contributed by atoms with Gasteiger partial charge in [-0.1, -0.05) is 18.2 Å². The molecule has 8 heteroatoms. The first-order valence-electron chi connectivity index (χ1n) is 10.2. The third-order valence-corrected chi connectivity index (χ3v) is 4.81. The third-order valence-electron chi connectivity index (χ3n) is 4.81. The van der Waals surface area contributed by atoms with Crippen molar-refractivity contribution in [2.24, 2.45) is 0 Å². The van der Waals surface area contributed by atoms with Crippen molar-refractivity contribution in [2.75, 3.05) is 26.1 Å². The Kier molecular flexibility index (Phi) is 7.99. The fraction of sp³-hybridized carbons (Fsp3) is 0.292. The quantitative estimate of drug-likeness (QED) is 0.503. The molecular weight excluding hydrogens is 410 g/mol. The number of nitrogens with one attached hydrogen (secondary N) is 2. The predicted molar refractivity (Wildman–Crippen MR) is 120 cm³/mol. The molecule has 2 N–H and O–H groups in total.